The van der Waals surface area contributed by atoms with Crippen molar-refractivity contribution >= 4 is 5.97 Å². The van der Waals surface area contributed by atoms with Crippen molar-refractivity contribution in [3.8, 4) is 28.0 Å². The van der Waals surface area contributed by atoms with E-state index in [-0.39, 0.29) is 11.9 Å². The molecule has 0 aromatic heterocycles. The molecule has 126 valence electrons. The third-order valence-corrected chi connectivity index (χ3v) is 3.87. The number of esters is 1. The lowest BCUT2D eigenvalue weighted by Crippen LogP contribution is -2.13. The summed E-state index contributed by atoms with van der Waals surface area (Å²) in [5.41, 5.74) is 3.45. The third-order valence-electron chi connectivity index (χ3n) is 3.87. The molecule has 3 rings (SSSR count). The molecule has 0 radical (unpaired) electrons. The van der Waals surface area contributed by atoms with Gasteiger partial charge in [0.2, 0.25) is 0 Å². The molecule has 0 amide bonds. The van der Waals surface area contributed by atoms with Gasteiger partial charge in [-0.15, -0.1) is 0 Å². The Balaban J connectivity index is 2.29. The van der Waals surface area contributed by atoms with Gasteiger partial charge < -0.3 is 9.84 Å². The Morgan fingerprint density at radius 3 is 1.84 bits per heavy atom. The first kappa shape index (κ1) is 16.8. The van der Waals surface area contributed by atoms with Crippen LogP contribution in [0.5, 0.6) is 5.75 Å². The largest absolute Gasteiger partial charge is 0.507 e. The minimum atomic E-state index is -0.397. The van der Waals surface area contributed by atoms with Gasteiger partial charge in [-0.05, 0) is 37.1 Å². The maximum Gasteiger partial charge on any atom is 0.339 e. The summed E-state index contributed by atoms with van der Waals surface area (Å²) in [5, 5.41) is 10.5. The summed E-state index contributed by atoms with van der Waals surface area (Å²) in [6, 6.07) is 22.3. The van der Waals surface area contributed by atoms with Crippen LogP contribution >= 0.6 is 0 Å². The number of hydrogen-bond donors (Lipinski definition) is 1. The number of aromatic hydroxyl groups is 1. The highest BCUT2D eigenvalue weighted by molar-refractivity contribution is 6.03. The highest BCUT2D eigenvalue weighted by atomic mass is 16.5. The molecule has 3 aromatic rings. The Hall–Kier alpha value is -3.07. The molecule has 0 saturated carbocycles. The van der Waals surface area contributed by atoms with E-state index in [4.69, 9.17) is 4.74 Å². The van der Waals surface area contributed by atoms with E-state index in [9.17, 15) is 9.90 Å². The number of carbonyl (C=O) groups is 1. The standard InChI is InChI=1S/C22H20O3/c1-15(2)25-22(24)18-13-14-19(23)21(17-11-7-4-8-12-17)20(18)16-9-5-3-6-10-16/h3-15,23H,1-2H3. The fourth-order valence-corrected chi connectivity index (χ4v) is 2.84. The molecule has 0 aliphatic rings. The van der Waals surface area contributed by atoms with Crippen LogP contribution in [0.3, 0.4) is 0 Å². The van der Waals surface area contributed by atoms with Gasteiger partial charge in [0.05, 0.1) is 11.7 Å². The molecular weight excluding hydrogens is 312 g/mol. The number of rotatable bonds is 4. The van der Waals surface area contributed by atoms with Crippen LogP contribution in [0.25, 0.3) is 22.3 Å². The quantitative estimate of drug-likeness (QED) is 0.660. The predicted octanol–water partition coefficient (Wildman–Crippen LogP) is 5.29. The number of carbonyl (C=O) groups excluding carboxylic acids is 1. The van der Waals surface area contributed by atoms with Crippen molar-refractivity contribution in [2.24, 2.45) is 0 Å². The summed E-state index contributed by atoms with van der Waals surface area (Å²) in [7, 11) is 0. The smallest absolute Gasteiger partial charge is 0.339 e. The number of phenolic OH excluding ortho intramolecular Hbond substituents is 1. The Morgan fingerprint density at radius 1 is 0.800 bits per heavy atom. The van der Waals surface area contributed by atoms with E-state index in [1.54, 1.807) is 12.1 Å². The first-order valence-electron chi connectivity index (χ1n) is 8.25. The Kier molecular flexibility index (Phi) is 4.85. The zero-order valence-corrected chi connectivity index (χ0v) is 14.3. The van der Waals surface area contributed by atoms with E-state index in [0.29, 0.717) is 16.7 Å². The summed E-state index contributed by atoms with van der Waals surface area (Å²) >= 11 is 0. The van der Waals surface area contributed by atoms with E-state index in [1.807, 2.05) is 74.5 Å². The maximum atomic E-state index is 12.6. The molecule has 0 aliphatic heterocycles. The molecule has 0 unspecified atom stereocenters. The molecular formula is C22H20O3. The van der Waals surface area contributed by atoms with Crippen LogP contribution in [0.2, 0.25) is 0 Å². The van der Waals surface area contributed by atoms with Gasteiger partial charge in [-0.2, -0.15) is 0 Å². The lowest BCUT2D eigenvalue weighted by Gasteiger charge is -2.17. The molecule has 3 aromatic carbocycles. The minimum absolute atomic E-state index is 0.131. The molecule has 0 fully saturated rings. The second-order valence-corrected chi connectivity index (χ2v) is 6.07. The second-order valence-electron chi connectivity index (χ2n) is 6.07. The van der Waals surface area contributed by atoms with Crippen LogP contribution in [0.4, 0.5) is 0 Å². The van der Waals surface area contributed by atoms with Gasteiger partial charge in [0.25, 0.3) is 0 Å². The Morgan fingerprint density at radius 2 is 1.32 bits per heavy atom. The zero-order valence-electron chi connectivity index (χ0n) is 14.3. The zero-order chi connectivity index (χ0) is 17.8. The van der Waals surface area contributed by atoms with Crippen molar-refractivity contribution in [2.45, 2.75) is 20.0 Å². The molecule has 25 heavy (non-hydrogen) atoms. The molecule has 0 atom stereocenters. The van der Waals surface area contributed by atoms with Crippen LogP contribution < -0.4 is 0 Å². The van der Waals surface area contributed by atoms with Crippen molar-refractivity contribution in [2.75, 3.05) is 0 Å². The molecule has 0 saturated heterocycles. The van der Waals surface area contributed by atoms with Crippen molar-refractivity contribution in [3.05, 3.63) is 78.4 Å². The average Bonchev–Trinajstić information content (AvgIpc) is 2.62. The van der Waals surface area contributed by atoms with Crippen LogP contribution in [0, 0.1) is 0 Å². The van der Waals surface area contributed by atoms with Gasteiger partial charge in [0, 0.05) is 11.1 Å². The normalized spacial score (nSPS) is 10.7. The summed E-state index contributed by atoms with van der Waals surface area (Å²) < 4.78 is 5.41. The van der Waals surface area contributed by atoms with E-state index in [2.05, 4.69) is 0 Å². The van der Waals surface area contributed by atoms with Crippen LogP contribution in [-0.2, 0) is 4.74 Å². The molecule has 3 nitrogen and oxygen atoms in total. The molecule has 1 N–H and O–H groups in total. The molecule has 3 heteroatoms. The van der Waals surface area contributed by atoms with E-state index in [0.717, 1.165) is 11.1 Å². The van der Waals surface area contributed by atoms with E-state index < -0.39 is 5.97 Å². The SMILES string of the molecule is CC(C)OC(=O)c1ccc(O)c(-c2ccccc2)c1-c1ccccc1. The topological polar surface area (TPSA) is 46.5 Å². The number of phenols is 1. The summed E-state index contributed by atoms with van der Waals surface area (Å²) in [5.74, 6) is -0.266. The van der Waals surface area contributed by atoms with Crippen molar-refractivity contribution in [3.63, 3.8) is 0 Å². The highest BCUT2D eigenvalue weighted by Crippen LogP contribution is 2.41. The van der Waals surface area contributed by atoms with Gasteiger partial charge >= 0.3 is 5.97 Å². The average molecular weight is 332 g/mol. The minimum Gasteiger partial charge on any atom is -0.507 e. The Bertz CT molecular complexity index is 869. The fraction of sp³-hybridized carbons (Fsp3) is 0.136. The summed E-state index contributed by atoms with van der Waals surface area (Å²) in [6.07, 6.45) is -0.217. The highest BCUT2D eigenvalue weighted by Gasteiger charge is 2.22. The van der Waals surface area contributed by atoms with Gasteiger partial charge in [0.1, 0.15) is 5.75 Å². The van der Waals surface area contributed by atoms with Gasteiger partial charge in [-0.1, -0.05) is 60.7 Å². The van der Waals surface area contributed by atoms with E-state index >= 15 is 0 Å². The monoisotopic (exact) mass is 332 g/mol. The summed E-state index contributed by atoms with van der Waals surface area (Å²) in [4.78, 5) is 12.6. The van der Waals surface area contributed by atoms with E-state index in [1.165, 1.54) is 0 Å². The van der Waals surface area contributed by atoms with Gasteiger partial charge in [-0.25, -0.2) is 4.79 Å². The second kappa shape index (κ2) is 7.22. The summed E-state index contributed by atoms with van der Waals surface area (Å²) in [6.45, 7) is 3.64. The van der Waals surface area contributed by atoms with Gasteiger partial charge in [-0.3, -0.25) is 0 Å². The van der Waals surface area contributed by atoms with Crippen LogP contribution in [0.1, 0.15) is 24.2 Å². The van der Waals surface area contributed by atoms with Gasteiger partial charge in [0.15, 0.2) is 0 Å². The maximum absolute atomic E-state index is 12.6. The lowest BCUT2D eigenvalue weighted by molar-refractivity contribution is 0.0379. The third kappa shape index (κ3) is 3.56. The van der Waals surface area contributed by atoms with Crippen LogP contribution in [0.15, 0.2) is 72.8 Å². The number of benzene rings is 3. The molecule has 0 heterocycles. The molecule has 0 spiro atoms. The number of ether oxygens (including phenoxy) is 1. The first-order valence-corrected chi connectivity index (χ1v) is 8.25. The van der Waals surface area contributed by atoms with Crippen molar-refractivity contribution in [1.29, 1.82) is 0 Å². The lowest BCUT2D eigenvalue weighted by atomic mass is 9.89. The fourth-order valence-electron chi connectivity index (χ4n) is 2.84. The van der Waals surface area contributed by atoms with Crippen LogP contribution in [-0.4, -0.2) is 17.2 Å². The molecule has 0 bridgehead atoms. The predicted molar refractivity (Wildman–Crippen MR) is 99.5 cm³/mol. The Labute approximate surface area is 147 Å². The van der Waals surface area contributed by atoms with Crippen molar-refractivity contribution < 1.29 is 14.6 Å². The number of hydrogen-bond acceptors (Lipinski definition) is 3. The first-order chi connectivity index (χ1) is 12.1. The van der Waals surface area contributed by atoms with Crippen molar-refractivity contribution in [1.82, 2.24) is 0 Å². The molecule has 0 aliphatic carbocycles.